The van der Waals surface area contributed by atoms with E-state index >= 15 is 0 Å². The SMILES string of the molecule is C#Cc1ccc(-c2nnc(NC)c3ccccc23)c(O)c1F. The van der Waals surface area contributed by atoms with Gasteiger partial charge in [0.05, 0.1) is 5.56 Å². The van der Waals surface area contributed by atoms with Crippen molar-refractivity contribution in [1.29, 1.82) is 0 Å². The molecule has 5 heteroatoms. The van der Waals surface area contributed by atoms with E-state index in [9.17, 15) is 9.50 Å². The Hall–Kier alpha value is -3.13. The van der Waals surface area contributed by atoms with E-state index in [0.717, 1.165) is 10.8 Å². The van der Waals surface area contributed by atoms with Crippen LogP contribution in [0.15, 0.2) is 36.4 Å². The van der Waals surface area contributed by atoms with Crippen LogP contribution in [0.3, 0.4) is 0 Å². The molecule has 1 heterocycles. The Morgan fingerprint density at radius 2 is 1.86 bits per heavy atom. The molecule has 0 atom stereocenters. The van der Waals surface area contributed by atoms with Crippen LogP contribution in [0.4, 0.5) is 10.2 Å². The van der Waals surface area contributed by atoms with Crippen LogP contribution in [0.2, 0.25) is 0 Å². The van der Waals surface area contributed by atoms with Gasteiger partial charge in [-0.3, -0.25) is 0 Å². The molecule has 0 bridgehead atoms. The molecule has 2 N–H and O–H groups in total. The number of nitrogens with zero attached hydrogens (tertiary/aromatic N) is 2. The maximum absolute atomic E-state index is 14.0. The number of phenolic OH excluding ortho intramolecular Hbond substituents is 1. The van der Waals surface area contributed by atoms with Crippen molar-refractivity contribution in [1.82, 2.24) is 10.2 Å². The zero-order chi connectivity index (χ0) is 15.7. The number of nitrogens with one attached hydrogen (secondary N) is 1. The molecule has 0 amide bonds. The van der Waals surface area contributed by atoms with Crippen molar-refractivity contribution in [2.45, 2.75) is 0 Å². The quantitative estimate of drug-likeness (QED) is 0.713. The Kier molecular flexibility index (Phi) is 3.36. The van der Waals surface area contributed by atoms with Gasteiger partial charge in [-0.05, 0) is 12.1 Å². The molecule has 1 aromatic heterocycles. The molecule has 0 radical (unpaired) electrons. The second-order valence-electron chi connectivity index (χ2n) is 4.66. The van der Waals surface area contributed by atoms with Crippen molar-refractivity contribution in [3.05, 3.63) is 47.8 Å². The number of hydrogen-bond acceptors (Lipinski definition) is 4. The number of phenols is 1. The van der Waals surface area contributed by atoms with Crippen LogP contribution >= 0.6 is 0 Å². The maximum Gasteiger partial charge on any atom is 0.181 e. The summed E-state index contributed by atoms with van der Waals surface area (Å²) < 4.78 is 14.0. The third kappa shape index (κ3) is 2.02. The Bertz CT molecular complexity index is 916. The average Bonchev–Trinajstić information content (AvgIpc) is 2.56. The van der Waals surface area contributed by atoms with Crippen LogP contribution in [0.25, 0.3) is 22.0 Å². The topological polar surface area (TPSA) is 58.0 Å². The molecule has 2 aromatic carbocycles. The van der Waals surface area contributed by atoms with Crippen molar-refractivity contribution in [3.8, 4) is 29.4 Å². The fraction of sp³-hybridized carbons (Fsp3) is 0.0588. The highest BCUT2D eigenvalue weighted by atomic mass is 19.1. The van der Waals surface area contributed by atoms with Crippen molar-refractivity contribution in [2.75, 3.05) is 12.4 Å². The maximum atomic E-state index is 14.0. The summed E-state index contributed by atoms with van der Waals surface area (Å²) >= 11 is 0. The lowest BCUT2D eigenvalue weighted by Gasteiger charge is -2.11. The molecule has 22 heavy (non-hydrogen) atoms. The number of aromatic nitrogens is 2. The Morgan fingerprint density at radius 1 is 1.14 bits per heavy atom. The van der Waals surface area contributed by atoms with Gasteiger partial charge in [-0.1, -0.05) is 30.2 Å². The minimum Gasteiger partial charge on any atom is -0.504 e. The lowest BCUT2D eigenvalue weighted by atomic mass is 10.0. The van der Waals surface area contributed by atoms with Gasteiger partial charge >= 0.3 is 0 Å². The number of rotatable bonds is 2. The summed E-state index contributed by atoms with van der Waals surface area (Å²) in [5.74, 6) is 1.45. The van der Waals surface area contributed by atoms with Crippen molar-refractivity contribution in [2.24, 2.45) is 0 Å². The first-order valence-electron chi connectivity index (χ1n) is 6.59. The molecule has 108 valence electrons. The lowest BCUT2D eigenvalue weighted by molar-refractivity contribution is 0.433. The third-order valence-electron chi connectivity index (χ3n) is 3.45. The molecule has 0 aliphatic heterocycles. The average molecular weight is 293 g/mol. The van der Waals surface area contributed by atoms with Gasteiger partial charge < -0.3 is 10.4 Å². The predicted octanol–water partition coefficient (Wildman–Crippen LogP) is 3.16. The summed E-state index contributed by atoms with van der Waals surface area (Å²) in [6.45, 7) is 0. The summed E-state index contributed by atoms with van der Waals surface area (Å²) in [5.41, 5.74) is 0.655. The molecular formula is C17H12FN3O. The van der Waals surface area contributed by atoms with Gasteiger partial charge in [-0.2, -0.15) is 0 Å². The first kappa shape index (κ1) is 13.8. The van der Waals surface area contributed by atoms with E-state index in [1.807, 2.05) is 24.3 Å². The molecule has 3 aromatic rings. The highest BCUT2D eigenvalue weighted by Gasteiger charge is 2.17. The Labute approximate surface area is 126 Å². The highest BCUT2D eigenvalue weighted by molar-refractivity contribution is 6.00. The molecule has 3 rings (SSSR count). The largest absolute Gasteiger partial charge is 0.504 e. The van der Waals surface area contributed by atoms with E-state index in [-0.39, 0.29) is 11.1 Å². The Balaban J connectivity index is 2.33. The Morgan fingerprint density at radius 3 is 2.55 bits per heavy atom. The first-order valence-corrected chi connectivity index (χ1v) is 6.59. The zero-order valence-electron chi connectivity index (χ0n) is 11.8. The first-order chi connectivity index (χ1) is 10.7. The van der Waals surface area contributed by atoms with Gasteiger partial charge in [0.2, 0.25) is 0 Å². The predicted molar refractivity (Wildman–Crippen MR) is 84.1 cm³/mol. The summed E-state index contributed by atoms with van der Waals surface area (Å²) in [7, 11) is 1.75. The highest BCUT2D eigenvalue weighted by Crippen LogP contribution is 2.36. The summed E-state index contributed by atoms with van der Waals surface area (Å²) in [4.78, 5) is 0. The van der Waals surface area contributed by atoms with Crippen molar-refractivity contribution < 1.29 is 9.50 Å². The number of aromatic hydroxyl groups is 1. The van der Waals surface area contributed by atoms with E-state index < -0.39 is 11.6 Å². The summed E-state index contributed by atoms with van der Waals surface area (Å²) in [6, 6.07) is 10.4. The minimum atomic E-state index is -0.830. The molecule has 0 spiro atoms. The van der Waals surface area contributed by atoms with Crippen LogP contribution in [-0.2, 0) is 0 Å². The van der Waals surface area contributed by atoms with Crippen LogP contribution in [0.5, 0.6) is 5.75 Å². The molecule has 0 saturated heterocycles. The van der Waals surface area contributed by atoms with E-state index in [2.05, 4.69) is 21.4 Å². The van der Waals surface area contributed by atoms with Gasteiger partial charge in [-0.25, -0.2) is 4.39 Å². The number of terminal acetylenes is 1. The summed E-state index contributed by atoms with van der Waals surface area (Å²) in [5, 5.41) is 22.8. The monoisotopic (exact) mass is 293 g/mol. The van der Waals surface area contributed by atoms with Crippen LogP contribution < -0.4 is 5.32 Å². The molecule has 0 fully saturated rings. The fourth-order valence-corrected chi connectivity index (χ4v) is 2.35. The van der Waals surface area contributed by atoms with Gasteiger partial charge in [0.25, 0.3) is 0 Å². The van der Waals surface area contributed by atoms with E-state index in [1.54, 1.807) is 13.1 Å². The molecule has 0 aliphatic carbocycles. The second-order valence-corrected chi connectivity index (χ2v) is 4.66. The van der Waals surface area contributed by atoms with E-state index in [0.29, 0.717) is 11.5 Å². The molecular weight excluding hydrogens is 281 g/mol. The van der Waals surface area contributed by atoms with Crippen LogP contribution in [0, 0.1) is 18.2 Å². The van der Waals surface area contributed by atoms with Crippen LogP contribution in [-0.4, -0.2) is 22.4 Å². The number of hydrogen-bond donors (Lipinski definition) is 2. The van der Waals surface area contributed by atoms with E-state index in [1.165, 1.54) is 6.07 Å². The van der Waals surface area contributed by atoms with Crippen LogP contribution in [0.1, 0.15) is 5.56 Å². The van der Waals surface area contributed by atoms with Crippen molar-refractivity contribution >= 4 is 16.6 Å². The second kappa shape index (κ2) is 5.34. The van der Waals surface area contributed by atoms with Crippen molar-refractivity contribution in [3.63, 3.8) is 0 Å². The zero-order valence-corrected chi connectivity index (χ0v) is 11.8. The van der Waals surface area contributed by atoms with Gasteiger partial charge in [0, 0.05) is 23.4 Å². The van der Waals surface area contributed by atoms with Gasteiger partial charge in [0.1, 0.15) is 5.69 Å². The molecule has 0 aliphatic rings. The van der Waals surface area contributed by atoms with Gasteiger partial charge in [-0.15, -0.1) is 16.6 Å². The lowest BCUT2D eigenvalue weighted by Crippen LogP contribution is -1.99. The smallest absolute Gasteiger partial charge is 0.181 e. The molecule has 0 saturated carbocycles. The third-order valence-corrected chi connectivity index (χ3v) is 3.45. The molecule has 4 nitrogen and oxygen atoms in total. The normalized spacial score (nSPS) is 10.4. The number of benzene rings is 2. The van der Waals surface area contributed by atoms with Gasteiger partial charge in [0.15, 0.2) is 17.4 Å². The molecule has 0 unspecified atom stereocenters. The number of halogens is 1. The summed E-state index contributed by atoms with van der Waals surface area (Å²) in [6.07, 6.45) is 5.20. The number of fused-ring (bicyclic) bond motifs is 1. The van der Waals surface area contributed by atoms with E-state index in [4.69, 9.17) is 6.42 Å². The standard InChI is InChI=1S/C17H12FN3O/c1-3-10-8-9-13(16(22)14(10)18)15-11-6-4-5-7-12(11)17(19-2)21-20-15/h1,4-9,22H,2H3,(H,19,21). The fourth-order valence-electron chi connectivity index (χ4n) is 2.35. The number of anilines is 1. The minimum absolute atomic E-state index is 0.00496.